The predicted molar refractivity (Wildman–Crippen MR) is 107 cm³/mol. The van der Waals surface area contributed by atoms with E-state index in [0.29, 0.717) is 25.1 Å². The minimum absolute atomic E-state index is 0.0329. The SMILES string of the molecule is CC(C)NC(=O)c1cnn2c1CC(CNc1c(C#N)c(=O)n(C)c(=O)n1C)CC2. The van der Waals surface area contributed by atoms with Crippen molar-refractivity contribution >= 4 is 11.7 Å². The third kappa shape index (κ3) is 3.81. The van der Waals surface area contributed by atoms with Gasteiger partial charge in [0.25, 0.3) is 11.5 Å². The average molecular weight is 399 g/mol. The Hall–Kier alpha value is -3.35. The number of hydrogen-bond donors (Lipinski definition) is 2. The lowest BCUT2D eigenvalue weighted by atomic mass is 9.94. The quantitative estimate of drug-likeness (QED) is 0.727. The highest BCUT2D eigenvalue weighted by atomic mass is 16.2. The number of rotatable bonds is 5. The largest absolute Gasteiger partial charge is 0.370 e. The van der Waals surface area contributed by atoms with Gasteiger partial charge in [-0.3, -0.25) is 23.4 Å². The minimum atomic E-state index is -0.618. The molecule has 10 heteroatoms. The van der Waals surface area contributed by atoms with Crippen molar-refractivity contribution in [1.29, 1.82) is 5.26 Å². The normalized spacial score (nSPS) is 15.7. The van der Waals surface area contributed by atoms with Gasteiger partial charge in [-0.2, -0.15) is 10.4 Å². The summed E-state index contributed by atoms with van der Waals surface area (Å²) in [5.41, 5.74) is 0.243. The summed E-state index contributed by atoms with van der Waals surface area (Å²) in [5.74, 6) is 0.239. The second-order valence-electron chi connectivity index (χ2n) is 7.64. The van der Waals surface area contributed by atoms with Gasteiger partial charge in [-0.05, 0) is 32.6 Å². The van der Waals surface area contributed by atoms with Crippen LogP contribution in [0.1, 0.15) is 41.9 Å². The van der Waals surface area contributed by atoms with Crippen LogP contribution in [0, 0.1) is 17.2 Å². The molecule has 3 heterocycles. The van der Waals surface area contributed by atoms with E-state index in [1.165, 1.54) is 18.7 Å². The van der Waals surface area contributed by atoms with Crippen molar-refractivity contribution in [1.82, 2.24) is 24.2 Å². The molecule has 0 bridgehead atoms. The standard InChI is InChI=1S/C19H25N7O3/c1-11(2)23-17(27)14-10-22-26-6-5-12(7-15(14)26)9-21-16-13(8-20)18(28)25(4)19(29)24(16)3/h10-12,21H,5-7,9H2,1-4H3,(H,23,27). The van der Waals surface area contributed by atoms with E-state index in [1.807, 2.05) is 24.6 Å². The number of amides is 1. The molecule has 1 amide bonds. The Kier molecular flexibility index (Phi) is 5.59. The van der Waals surface area contributed by atoms with Gasteiger partial charge in [0, 0.05) is 33.2 Å². The van der Waals surface area contributed by atoms with E-state index in [-0.39, 0.29) is 29.2 Å². The molecule has 10 nitrogen and oxygen atoms in total. The molecule has 2 aromatic rings. The number of aromatic nitrogens is 4. The maximum Gasteiger partial charge on any atom is 0.332 e. The van der Waals surface area contributed by atoms with Crippen LogP contribution in [0.15, 0.2) is 15.8 Å². The molecule has 1 unspecified atom stereocenters. The van der Waals surface area contributed by atoms with E-state index < -0.39 is 11.2 Å². The van der Waals surface area contributed by atoms with Gasteiger partial charge in [-0.25, -0.2) is 4.79 Å². The van der Waals surface area contributed by atoms with Gasteiger partial charge in [-0.15, -0.1) is 0 Å². The third-order valence-electron chi connectivity index (χ3n) is 5.18. The summed E-state index contributed by atoms with van der Waals surface area (Å²) in [5, 5.41) is 19.7. The fourth-order valence-electron chi connectivity index (χ4n) is 3.60. The van der Waals surface area contributed by atoms with E-state index in [9.17, 15) is 19.6 Å². The molecule has 1 aliphatic heterocycles. The number of carbonyl (C=O) groups excluding carboxylic acids is 1. The summed E-state index contributed by atoms with van der Waals surface area (Å²) in [6.45, 7) is 4.95. The van der Waals surface area contributed by atoms with Gasteiger partial charge in [0.05, 0.1) is 17.5 Å². The van der Waals surface area contributed by atoms with Gasteiger partial charge in [0.1, 0.15) is 11.9 Å². The predicted octanol–water partition coefficient (Wildman–Crippen LogP) is -0.0351. The molecule has 0 fully saturated rings. The zero-order chi connectivity index (χ0) is 21.3. The maximum atomic E-state index is 12.4. The van der Waals surface area contributed by atoms with Gasteiger partial charge >= 0.3 is 5.69 Å². The summed E-state index contributed by atoms with van der Waals surface area (Å²) in [4.78, 5) is 36.8. The van der Waals surface area contributed by atoms with Crippen LogP contribution >= 0.6 is 0 Å². The van der Waals surface area contributed by atoms with Crippen molar-refractivity contribution < 1.29 is 4.79 Å². The van der Waals surface area contributed by atoms with Crippen molar-refractivity contribution in [3.05, 3.63) is 43.9 Å². The zero-order valence-electron chi connectivity index (χ0n) is 17.0. The van der Waals surface area contributed by atoms with Crippen LogP contribution in [0.5, 0.6) is 0 Å². The van der Waals surface area contributed by atoms with Crippen molar-refractivity contribution in [3.63, 3.8) is 0 Å². The fourth-order valence-corrected chi connectivity index (χ4v) is 3.60. The Bertz CT molecular complexity index is 1100. The summed E-state index contributed by atoms with van der Waals surface area (Å²) in [6.07, 6.45) is 3.06. The topological polar surface area (TPSA) is 127 Å². The van der Waals surface area contributed by atoms with Crippen LogP contribution in [0.2, 0.25) is 0 Å². The molecular formula is C19H25N7O3. The molecule has 1 atom stereocenters. The Balaban J connectivity index is 1.80. The smallest absolute Gasteiger partial charge is 0.332 e. The van der Waals surface area contributed by atoms with Crippen LogP contribution in [0.4, 0.5) is 5.82 Å². The molecule has 0 aliphatic carbocycles. The molecule has 154 valence electrons. The van der Waals surface area contributed by atoms with Crippen molar-refractivity contribution in [2.75, 3.05) is 11.9 Å². The molecule has 29 heavy (non-hydrogen) atoms. The molecule has 2 N–H and O–H groups in total. The molecule has 0 saturated heterocycles. The van der Waals surface area contributed by atoms with E-state index >= 15 is 0 Å². The lowest BCUT2D eigenvalue weighted by Crippen LogP contribution is -2.40. The van der Waals surface area contributed by atoms with E-state index in [4.69, 9.17) is 0 Å². The number of nitrogens with one attached hydrogen (secondary N) is 2. The number of fused-ring (bicyclic) bond motifs is 1. The van der Waals surface area contributed by atoms with Crippen LogP contribution in [0.3, 0.4) is 0 Å². The Morgan fingerprint density at radius 1 is 1.34 bits per heavy atom. The second-order valence-corrected chi connectivity index (χ2v) is 7.64. The number of hydrogen-bond acceptors (Lipinski definition) is 6. The lowest BCUT2D eigenvalue weighted by molar-refractivity contribution is 0.0941. The Labute approximate surface area is 167 Å². The van der Waals surface area contributed by atoms with Crippen LogP contribution in [0.25, 0.3) is 0 Å². The molecular weight excluding hydrogens is 374 g/mol. The minimum Gasteiger partial charge on any atom is -0.370 e. The summed E-state index contributed by atoms with van der Waals surface area (Å²) in [6, 6.07) is 1.92. The van der Waals surface area contributed by atoms with Crippen molar-refractivity contribution in [3.8, 4) is 6.07 Å². The number of anilines is 1. The van der Waals surface area contributed by atoms with Gasteiger partial charge in [0.2, 0.25) is 0 Å². The second kappa shape index (κ2) is 7.95. The molecule has 0 radical (unpaired) electrons. The Morgan fingerprint density at radius 2 is 2.07 bits per heavy atom. The third-order valence-corrected chi connectivity index (χ3v) is 5.18. The first-order chi connectivity index (χ1) is 13.7. The van der Waals surface area contributed by atoms with Gasteiger partial charge in [-0.1, -0.05) is 0 Å². The monoisotopic (exact) mass is 399 g/mol. The highest BCUT2D eigenvalue weighted by molar-refractivity contribution is 5.95. The van der Waals surface area contributed by atoms with Gasteiger partial charge in [0.15, 0.2) is 5.56 Å². The number of nitriles is 1. The average Bonchev–Trinajstić information content (AvgIpc) is 3.11. The summed E-state index contributed by atoms with van der Waals surface area (Å²) in [7, 11) is 2.87. The van der Waals surface area contributed by atoms with Crippen LogP contribution < -0.4 is 21.9 Å². The van der Waals surface area contributed by atoms with Crippen molar-refractivity contribution in [2.45, 2.75) is 39.3 Å². The molecule has 0 saturated carbocycles. The molecule has 0 spiro atoms. The van der Waals surface area contributed by atoms with E-state index in [1.54, 1.807) is 6.20 Å². The van der Waals surface area contributed by atoms with Crippen LogP contribution in [-0.2, 0) is 27.1 Å². The highest BCUT2D eigenvalue weighted by Gasteiger charge is 2.26. The number of nitrogens with zero attached hydrogens (tertiary/aromatic N) is 5. The number of carbonyl (C=O) groups is 1. The molecule has 3 rings (SSSR count). The fraction of sp³-hybridized carbons (Fsp3) is 0.526. The molecule has 2 aromatic heterocycles. The molecule has 1 aliphatic rings. The van der Waals surface area contributed by atoms with E-state index in [2.05, 4.69) is 15.7 Å². The van der Waals surface area contributed by atoms with Gasteiger partial charge < -0.3 is 10.6 Å². The van der Waals surface area contributed by atoms with Crippen molar-refractivity contribution in [2.24, 2.45) is 20.0 Å². The molecule has 0 aromatic carbocycles. The number of aryl methyl sites for hydroxylation is 1. The lowest BCUT2D eigenvalue weighted by Gasteiger charge is -2.25. The summed E-state index contributed by atoms with van der Waals surface area (Å²) >= 11 is 0. The highest BCUT2D eigenvalue weighted by Crippen LogP contribution is 2.24. The first kappa shape index (κ1) is 20.4. The van der Waals surface area contributed by atoms with Crippen LogP contribution in [-0.4, -0.2) is 37.4 Å². The van der Waals surface area contributed by atoms with E-state index in [0.717, 1.165) is 16.7 Å². The maximum absolute atomic E-state index is 12.4. The zero-order valence-corrected chi connectivity index (χ0v) is 17.0. The summed E-state index contributed by atoms with van der Waals surface area (Å²) < 4.78 is 4.04. The first-order valence-electron chi connectivity index (χ1n) is 9.54. The Morgan fingerprint density at radius 3 is 2.72 bits per heavy atom. The first-order valence-corrected chi connectivity index (χ1v) is 9.54.